The molecular weight excluding hydrogens is 274 g/mol. The van der Waals surface area contributed by atoms with E-state index < -0.39 is 4.92 Å². The van der Waals surface area contributed by atoms with Gasteiger partial charge >= 0.3 is 5.69 Å². The van der Waals surface area contributed by atoms with Crippen LogP contribution in [0.5, 0.6) is 5.75 Å². The van der Waals surface area contributed by atoms with Crippen molar-refractivity contribution in [2.45, 2.75) is 25.3 Å². The zero-order valence-electron chi connectivity index (χ0n) is 11.7. The molecule has 21 heavy (non-hydrogen) atoms. The van der Waals surface area contributed by atoms with Gasteiger partial charge in [-0.1, -0.05) is 12.1 Å². The van der Waals surface area contributed by atoms with E-state index in [0.29, 0.717) is 0 Å². The molecule has 0 saturated carbocycles. The van der Waals surface area contributed by atoms with Gasteiger partial charge in [0.2, 0.25) is 5.91 Å². The van der Waals surface area contributed by atoms with Gasteiger partial charge in [-0.3, -0.25) is 14.9 Å². The molecule has 0 aromatic heterocycles. The molecule has 1 amide bonds. The fraction of sp³-hybridized carbons (Fsp3) is 0.500. The van der Waals surface area contributed by atoms with Crippen molar-refractivity contribution in [2.24, 2.45) is 0 Å². The third-order valence-electron chi connectivity index (χ3n) is 3.31. The van der Waals surface area contributed by atoms with Crippen molar-refractivity contribution in [2.75, 3.05) is 19.7 Å². The number of rotatable bonds is 6. The number of nitro benzene ring substituents is 1. The van der Waals surface area contributed by atoms with Crippen LogP contribution >= 0.6 is 0 Å². The van der Waals surface area contributed by atoms with E-state index in [4.69, 9.17) is 4.74 Å². The molecule has 7 nitrogen and oxygen atoms in total. The van der Waals surface area contributed by atoms with E-state index in [1.807, 2.05) is 0 Å². The predicted octanol–water partition coefficient (Wildman–Crippen LogP) is 1.23. The van der Waals surface area contributed by atoms with Gasteiger partial charge in [-0.25, -0.2) is 0 Å². The van der Waals surface area contributed by atoms with Crippen LogP contribution in [-0.4, -0.2) is 36.6 Å². The van der Waals surface area contributed by atoms with Gasteiger partial charge in [0.25, 0.3) is 0 Å². The number of hydrogen-bond acceptors (Lipinski definition) is 5. The van der Waals surface area contributed by atoms with Crippen LogP contribution in [0, 0.1) is 10.1 Å². The Bertz CT molecular complexity index is 501. The third kappa shape index (κ3) is 4.71. The maximum absolute atomic E-state index is 11.8. The molecule has 1 aliphatic heterocycles. The van der Waals surface area contributed by atoms with Gasteiger partial charge in [0.05, 0.1) is 18.0 Å². The second-order valence-electron chi connectivity index (χ2n) is 4.93. The van der Waals surface area contributed by atoms with Crippen LogP contribution in [0.15, 0.2) is 24.3 Å². The van der Waals surface area contributed by atoms with E-state index in [1.54, 1.807) is 12.1 Å². The number of para-hydroxylation sites is 2. The average Bonchev–Trinajstić information content (AvgIpc) is 2.48. The minimum atomic E-state index is -0.497. The van der Waals surface area contributed by atoms with Crippen molar-refractivity contribution in [3.8, 4) is 5.75 Å². The van der Waals surface area contributed by atoms with Gasteiger partial charge in [0.15, 0.2) is 5.75 Å². The van der Waals surface area contributed by atoms with Crippen molar-refractivity contribution in [1.29, 1.82) is 0 Å². The van der Waals surface area contributed by atoms with Crippen LogP contribution < -0.4 is 15.4 Å². The zero-order valence-corrected chi connectivity index (χ0v) is 11.7. The molecule has 0 aliphatic carbocycles. The Morgan fingerprint density at radius 1 is 1.48 bits per heavy atom. The quantitative estimate of drug-likeness (QED) is 0.608. The number of carbonyl (C=O) groups is 1. The van der Waals surface area contributed by atoms with Crippen LogP contribution in [0.1, 0.15) is 19.3 Å². The Hall–Kier alpha value is -2.15. The van der Waals surface area contributed by atoms with Crippen molar-refractivity contribution < 1.29 is 14.5 Å². The molecule has 0 spiro atoms. The fourth-order valence-electron chi connectivity index (χ4n) is 2.26. The molecule has 2 N–H and O–H groups in total. The molecule has 0 radical (unpaired) electrons. The minimum Gasteiger partial charge on any atom is -0.486 e. The van der Waals surface area contributed by atoms with Crippen molar-refractivity contribution in [1.82, 2.24) is 10.6 Å². The second-order valence-corrected chi connectivity index (χ2v) is 4.93. The number of benzene rings is 1. The van der Waals surface area contributed by atoms with Gasteiger partial charge in [-0.15, -0.1) is 0 Å². The highest BCUT2D eigenvalue weighted by Crippen LogP contribution is 2.25. The number of piperidine rings is 1. The first-order chi connectivity index (χ1) is 10.2. The average molecular weight is 293 g/mol. The van der Waals surface area contributed by atoms with E-state index in [2.05, 4.69) is 10.6 Å². The molecule has 1 unspecified atom stereocenters. The summed E-state index contributed by atoms with van der Waals surface area (Å²) in [5, 5.41) is 17.0. The molecule has 1 fully saturated rings. The largest absolute Gasteiger partial charge is 0.486 e. The lowest BCUT2D eigenvalue weighted by Crippen LogP contribution is -2.45. The summed E-state index contributed by atoms with van der Waals surface area (Å²) in [4.78, 5) is 22.1. The zero-order chi connectivity index (χ0) is 15.1. The van der Waals surface area contributed by atoms with Crippen LogP contribution in [0.25, 0.3) is 0 Å². The van der Waals surface area contributed by atoms with Gasteiger partial charge in [-0.2, -0.15) is 0 Å². The van der Waals surface area contributed by atoms with Crippen LogP contribution in [0.4, 0.5) is 5.69 Å². The lowest BCUT2D eigenvalue weighted by molar-refractivity contribution is -0.385. The molecule has 114 valence electrons. The number of carbonyl (C=O) groups excluding carboxylic acids is 1. The first-order valence-electron chi connectivity index (χ1n) is 7.03. The molecular formula is C14H19N3O4. The van der Waals surface area contributed by atoms with Gasteiger partial charge in [-0.05, 0) is 25.5 Å². The summed E-state index contributed by atoms with van der Waals surface area (Å²) in [6.07, 6.45) is 2.21. The number of nitrogens with one attached hydrogen (secondary N) is 2. The van der Waals surface area contributed by atoms with Gasteiger partial charge < -0.3 is 15.4 Å². The third-order valence-corrected chi connectivity index (χ3v) is 3.31. The molecule has 1 aliphatic rings. The maximum Gasteiger partial charge on any atom is 0.310 e. The highest BCUT2D eigenvalue weighted by atomic mass is 16.6. The van der Waals surface area contributed by atoms with Crippen LogP contribution in [0.2, 0.25) is 0 Å². The van der Waals surface area contributed by atoms with E-state index in [9.17, 15) is 14.9 Å². The molecule has 2 rings (SSSR count). The second kappa shape index (κ2) is 7.58. The number of nitro groups is 1. The van der Waals surface area contributed by atoms with E-state index in [-0.39, 0.29) is 36.4 Å². The Kier molecular flexibility index (Phi) is 5.51. The molecule has 7 heteroatoms. The number of amides is 1. The molecule has 1 heterocycles. The van der Waals surface area contributed by atoms with Crippen LogP contribution in [0.3, 0.4) is 0 Å². The summed E-state index contributed by atoms with van der Waals surface area (Å²) < 4.78 is 5.34. The predicted molar refractivity (Wildman–Crippen MR) is 77.2 cm³/mol. The summed E-state index contributed by atoms with van der Waals surface area (Å²) in [6, 6.07) is 6.31. The maximum atomic E-state index is 11.8. The van der Waals surface area contributed by atoms with Crippen LogP contribution in [-0.2, 0) is 4.79 Å². The molecule has 1 atom stereocenters. The van der Waals surface area contributed by atoms with E-state index in [0.717, 1.165) is 25.9 Å². The highest BCUT2D eigenvalue weighted by Gasteiger charge is 2.16. The topological polar surface area (TPSA) is 93.5 Å². The Labute approximate surface area is 122 Å². The van der Waals surface area contributed by atoms with E-state index >= 15 is 0 Å². The molecule has 1 aromatic carbocycles. The Balaban J connectivity index is 1.76. The minimum absolute atomic E-state index is 0.0885. The Morgan fingerprint density at radius 3 is 3.00 bits per heavy atom. The number of ether oxygens (including phenoxy) is 1. The first kappa shape index (κ1) is 15.2. The van der Waals surface area contributed by atoms with Crippen molar-refractivity contribution in [3.05, 3.63) is 34.4 Å². The lowest BCUT2D eigenvalue weighted by Gasteiger charge is -2.23. The fourth-order valence-corrected chi connectivity index (χ4v) is 2.26. The highest BCUT2D eigenvalue weighted by molar-refractivity contribution is 5.76. The van der Waals surface area contributed by atoms with E-state index in [1.165, 1.54) is 12.1 Å². The molecule has 1 saturated heterocycles. The summed E-state index contributed by atoms with van der Waals surface area (Å²) in [5.74, 6) is 0.0944. The SMILES string of the molecule is O=C(CCOc1ccccc1[N+](=O)[O-])NC1CCCNC1. The summed E-state index contributed by atoms with van der Waals surface area (Å²) in [5.41, 5.74) is -0.0885. The first-order valence-corrected chi connectivity index (χ1v) is 7.03. The summed E-state index contributed by atoms with van der Waals surface area (Å²) >= 11 is 0. The van der Waals surface area contributed by atoms with Crippen molar-refractivity contribution in [3.63, 3.8) is 0 Å². The van der Waals surface area contributed by atoms with Crippen molar-refractivity contribution >= 4 is 11.6 Å². The van der Waals surface area contributed by atoms with Gasteiger partial charge in [0.1, 0.15) is 0 Å². The monoisotopic (exact) mass is 293 g/mol. The summed E-state index contributed by atoms with van der Waals surface area (Å²) in [6.45, 7) is 1.90. The number of hydrogen-bond donors (Lipinski definition) is 2. The molecule has 0 bridgehead atoms. The standard InChI is InChI=1S/C14H19N3O4/c18-14(16-11-4-3-8-15-10-11)7-9-21-13-6-2-1-5-12(13)17(19)20/h1-2,5-6,11,15H,3-4,7-10H2,(H,16,18). The Morgan fingerprint density at radius 2 is 2.29 bits per heavy atom. The van der Waals surface area contributed by atoms with Gasteiger partial charge in [0, 0.05) is 18.7 Å². The summed E-state index contributed by atoms with van der Waals surface area (Å²) in [7, 11) is 0. The molecule has 1 aromatic rings. The lowest BCUT2D eigenvalue weighted by atomic mass is 10.1. The number of nitrogens with zero attached hydrogens (tertiary/aromatic N) is 1. The smallest absolute Gasteiger partial charge is 0.310 e. The normalized spacial score (nSPS) is 18.0.